The number of aromatic amines is 1. The molecular weight excluding hydrogens is 160 g/mol. The molecule has 0 fully saturated rings. The summed E-state index contributed by atoms with van der Waals surface area (Å²) in [6.07, 6.45) is 3.46. The van der Waals surface area contributed by atoms with Gasteiger partial charge in [0.2, 0.25) is 0 Å². The van der Waals surface area contributed by atoms with Gasteiger partial charge < -0.3 is 0 Å². The molecule has 1 N–H and O–H groups in total. The van der Waals surface area contributed by atoms with Crippen molar-refractivity contribution in [1.29, 1.82) is 0 Å². The van der Waals surface area contributed by atoms with Gasteiger partial charge >= 0.3 is 0 Å². The molecule has 0 bridgehead atoms. The van der Waals surface area contributed by atoms with E-state index >= 15 is 0 Å². The van der Waals surface area contributed by atoms with Crippen molar-refractivity contribution < 1.29 is 0 Å². The Labute approximate surface area is 78.6 Å². The average Bonchev–Trinajstić information content (AvgIpc) is 2.59. The zero-order valence-corrected chi connectivity index (χ0v) is 7.99. The highest BCUT2D eigenvalue weighted by Crippen LogP contribution is 2.00. The van der Waals surface area contributed by atoms with Crippen molar-refractivity contribution >= 4 is 0 Å². The number of benzene rings is 1. The van der Waals surface area contributed by atoms with Gasteiger partial charge in [-0.25, -0.2) is 0 Å². The predicted molar refractivity (Wildman–Crippen MR) is 54.5 cm³/mol. The van der Waals surface area contributed by atoms with Crippen molar-refractivity contribution in [2.45, 2.75) is 13.8 Å². The molecule has 2 nitrogen and oxygen atoms in total. The second-order valence-corrected chi connectivity index (χ2v) is 2.92. The Morgan fingerprint density at radius 2 is 1.77 bits per heavy atom. The van der Waals surface area contributed by atoms with Gasteiger partial charge in [-0.2, -0.15) is 5.10 Å². The number of aromatic nitrogens is 2. The van der Waals surface area contributed by atoms with Crippen LogP contribution < -0.4 is 0 Å². The second kappa shape index (κ2) is 5.14. The fourth-order valence-corrected chi connectivity index (χ4v) is 1.02. The van der Waals surface area contributed by atoms with Gasteiger partial charge in [-0.1, -0.05) is 35.4 Å². The molecule has 0 aliphatic carbocycles. The second-order valence-electron chi connectivity index (χ2n) is 2.92. The third-order valence-corrected chi connectivity index (χ3v) is 1.58. The summed E-state index contributed by atoms with van der Waals surface area (Å²) in [6, 6.07) is 10.3. The third-order valence-electron chi connectivity index (χ3n) is 1.58. The van der Waals surface area contributed by atoms with Crippen LogP contribution >= 0.6 is 0 Å². The summed E-state index contributed by atoms with van der Waals surface area (Å²) in [4.78, 5) is 0. The highest BCUT2D eigenvalue weighted by atomic mass is 15.1. The molecule has 1 aromatic carbocycles. The van der Waals surface area contributed by atoms with Gasteiger partial charge in [0.1, 0.15) is 0 Å². The number of aryl methyl sites for hydroxylation is 2. The molecule has 0 spiro atoms. The summed E-state index contributed by atoms with van der Waals surface area (Å²) in [5.41, 5.74) is 2.68. The first-order valence-corrected chi connectivity index (χ1v) is 4.26. The van der Waals surface area contributed by atoms with Gasteiger partial charge in [0.05, 0.1) is 0 Å². The molecule has 0 unspecified atom stereocenters. The number of rotatable bonds is 0. The first kappa shape index (κ1) is 9.52. The van der Waals surface area contributed by atoms with Crippen molar-refractivity contribution in [1.82, 2.24) is 10.2 Å². The Morgan fingerprint density at radius 3 is 2.00 bits per heavy atom. The van der Waals surface area contributed by atoms with Crippen LogP contribution in [0.25, 0.3) is 0 Å². The molecule has 1 heterocycles. The summed E-state index contributed by atoms with van der Waals surface area (Å²) in [6.45, 7) is 4.21. The number of nitrogens with one attached hydrogen (secondary N) is 1. The molecular formula is C11H14N2. The van der Waals surface area contributed by atoms with E-state index in [9.17, 15) is 0 Å². The van der Waals surface area contributed by atoms with Crippen LogP contribution in [0, 0.1) is 13.8 Å². The molecule has 1 aromatic heterocycles. The summed E-state index contributed by atoms with van der Waals surface area (Å²) in [5, 5.41) is 6.21. The van der Waals surface area contributed by atoms with E-state index in [-0.39, 0.29) is 0 Å². The lowest BCUT2D eigenvalue weighted by Gasteiger charge is -1.90. The molecule has 0 aliphatic rings. The van der Waals surface area contributed by atoms with E-state index in [2.05, 4.69) is 48.3 Å². The third kappa shape index (κ3) is 4.11. The summed E-state index contributed by atoms with van der Waals surface area (Å²) in [7, 11) is 0. The van der Waals surface area contributed by atoms with Crippen molar-refractivity contribution in [3.05, 3.63) is 53.9 Å². The van der Waals surface area contributed by atoms with Crippen molar-refractivity contribution in [3.8, 4) is 0 Å². The summed E-state index contributed by atoms with van der Waals surface area (Å²) < 4.78 is 0. The molecule has 13 heavy (non-hydrogen) atoms. The van der Waals surface area contributed by atoms with Crippen LogP contribution in [0.2, 0.25) is 0 Å². The molecule has 2 aromatic rings. The molecule has 2 rings (SSSR count). The maximum absolute atomic E-state index is 3.60. The lowest BCUT2D eigenvalue weighted by Crippen LogP contribution is -1.71. The van der Waals surface area contributed by atoms with Gasteiger partial charge in [0.15, 0.2) is 0 Å². The van der Waals surface area contributed by atoms with Gasteiger partial charge in [0.25, 0.3) is 0 Å². The predicted octanol–water partition coefficient (Wildman–Crippen LogP) is 2.71. The number of nitrogens with zero attached hydrogens (tertiary/aromatic N) is 1. The quantitative estimate of drug-likeness (QED) is 0.653. The minimum absolute atomic E-state index is 1.34. The lowest BCUT2D eigenvalue weighted by molar-refractivity contribution is 1.09. The largest absolute Gasteiger partial charge is 0.286 e. The van der Waals surface area contributed by atoms with E-state index in [1.807, 2.05) is 6.07 Å². The highest BCUT2D eigenvalue weighted by Gasteiger charge is 1.80. The van der Waals surface area contributed by atoms with E-state index in [1.165, 1.54) is 11.1 Å². The normalized spacial score (nSPS) is 8.77. The average molecular weight is 174 g/mol. The Hall–Kier alpha value is -1.57. The molecule has 0 saturated carbocycles. The lowest BCUT2D eigenvalue weighted by atomic mass is 10.2. The van der Waals surface area contributed by atoms with E-state index in [4.69, 9.17) is 0 Å². The van der Waals surface area contributed by atoms with Crippen molar-refractivity contribution in [3.63, 3.8) is 0 Å². The Balaban J connectivity index is 0.000000145. The molecule has 0 atom stereocenters. The van der Waals surface area contributed by atoms with Crippen LogP contribution in [-0.4, -0.2) is 10.2 Å². The van der Waals surface area contributed by atoms with Crippen LogP contribution in [0.1, 0.15) is 11.1 Å². The molecule has 0 aliphatic heterocycles. The molecule has 68 valence electrons. The minimum atomic E-state index is 1.34. The maximum Gasteiger partial charge on any atom is 0.0487 e. The van der Waals surface area contributed by atoms with Gasteiger partial charge in [0, 0.05) is 12.4 Å². The van der Waals surface area contributed by atoms with Gasteiger partial charge in [-0.3, -0.25) is 5.10 Å². The SMILES string of the molecule is Cc1cccc(C)c1.c1cn[nH]c1. The van der Waals surface area contributed by atoms with Gasteiger partial charge in [-0.05, 0) is 19.9 Å². The molecule has 2 heteroatoms. The number of hydrogen-bond acceptors (Lipinski definition) is 1. The first-order valence-electron chi connectivity index (χ1n) is 4.26. The molecule has 0 saturated heterocycles. The zero-order valence-electron chi connectivity index (χ0n) is 7.99. The molecule has 0 amide bonds. The summed E-state index contributed by atoms with van der Waals surface area (Å²) in [5.74, 6) is 0. The fourth-order valence-electron chi connectivity index (χ4n) is 1.02. The van der Waals surface area contributed by atoms with Crippen molar-refractivity contribution in [2.24, 2.45) is 0 Å². The van der Waals surface area contributed by atoms with E-state index < -0.39 is 0 Å². The molecule has 0 radical (unpaired) electrons. The Kier molecular flexibility index (Phi) is 3.76. The smallest absolute Gasteiger partial charge is 0.0487 e. The maximum atomic E-state index is 3.60. The Morgan fingerprint density at radius 1 is 1.08 bits per heavy atom. The minimum Gasteiger partial charge on any atom is -0.286 e. The fraction of sp³-hybridized carbons (Fsp3) is 0.182. The van der Waals surface area contributed by atoms with Crippen LogP contribution in [0.3, 0.4) is 0 Å². The number of hydrogen-bond donors (Lipinski definition) is 1. The number of H-pyrrole nitrogens is 1. The van der Waals surface area contributed by atoms with Gasteiger partial charge in [-0.15, -0.1) is 0 Å². The summed E-state index contributed by atoms with van der Waals surface area (Å²) >= 11 is 0. The Bertz CT molecular complexity index is 291. The van der Waals surface area contributed by atoms with Crippen molar-refractivity contribution in [2.75, 3.05) is 0 Å². The monoisotopic (exact) mass is 174 g/mol. The van der Waals surface area contributed by atoms with Crippen LogP contribution in [0.4, 0.5) is 0 Å². The first-order chi connectivity index (χ1) is 6.29. The highest BCUT2D eigenvalue weighted by molar-refractivity contribution is 5.20. The van der Waals surface area contributed by atoms with Crippen LogP contribution in [0.5, 0.6) is 0 Å². The zero-order chi connectivity index (χ0) is 9.52. The standard InChI is InChI=1S/C8H10.C3H4N2/c1-7-4-3-5-8(2)6-7;1-2-4-5-3-1/h3-6H,1-2H3;1-3H,(H,4,5). The van der Waals surface area contributed by atoms with Crippen LogP contribution in [0.15, 0.2) is 42.7 Å². The van der Waals surface area contributed by atoms with E-state index in [0.29, 0.717) is 0 Å². The van der Waals surface area contributed by atoms with Crippen LogP contribution in [-0.2, 0) is 0 Å². The van der Waals surface area contributed by atoms with E-state index in [1.54, 1.807) is 12.4 Å². The topological polar surface area (TPSA) is 28.7 Å². The van der Waals surface area contributed by atoms with E-state index in [0.717, 1.165) is 0 Å².